The second-order valence-corrected chi connectivity index (χ2v) is 6.77. The van der Waals surface area contributed by atoms with Crippen LogP contribution >= 0.6 is 38.9 Å². The van der Waals surface area contributed by atoms with E-state index in [0.717, 1.165) is 20.3 Å². The normalized spacial score (nSPS) is 11.7. The molecular weight excluding hydrogens is 375 g/mol. The smallest absolute Gasteiger partial charge is 0.380 e. The molecule has 0 unspecified atom stereocenters. The van der Waals surface area contributed by atoms with Gasteiger partial charge >= 0.3 is 6.18 Å². The Kier molecular flexibility index (Phi) is 4.66. The molecule has 2 aromatic rings. The van der Waals surface area contributed by atoms with Gasteiger partial charge in [-0.25, -0.2) is 0 Å². The first kappa shape index (κ1) is 15.7. The van der Waals surface area contributed by atoms with Crippen LogP contribution in [0.25, 0.3) is 0 Å². The van der Waals surface area contributed by atoms with Crippen molar-refractivity contribution < 1.29 is 13.2 Å². The van der Waals surface area contributed by atoms with Crippen molar-refractivity contribution in [3.05, 3.63) is 49.1 Å². The average molecular weight is 385 g/mol. The molecule has 2 rings (SSSR count). The Morgan fingerprint density at radius 3 is 2.55 bits per heavy atom. The molecule has 0 spiro atoms. The zero-order valence-corrected chi connectivity index (χ0v) is 13.5. The van der Waals surface area contributed by atoms with E-state index in [1.54, 1.807) is 11.3 Å². The first-order valence-corrected chi connectivity index (χ1v) is 7.61. The third kappa shape index (κ3) is 3.68. The lowest BCUT2D eigenvalue weighted by Crippen LogP contribution is -2.07. The fraction of sp³-hybridized carbons (Fsp3) is 0.231. The standard InChI is InChI=1S/C13H10BrClF3NS/c1-7-11(14)5-9(20-7)6-19-8-2-3-12(15)10(4-8)13(16,17)18/h2-5,19H,6H2,1H3. The van der Waals surface area contributed by atoms with Gasteiger partial charge in [0.05, 0.1) is 10.6 Å². The van der Waals surface area contributed by atoms with Crippen molar-refractivity contribution in [2.45, 2.75) is 19.6 Å². The Bertz CT molecular complexity index is 605. The largest absolute Gasteiger partial charge is 0.417 e. The Hall–Kier alpha value is -0.720. The number of aryl methyl sites for hydroxylation is 1. The van der Waals surface area contributed by atoms with Gasteiger partial charge in [0, 0.05) is 26.5 Å². The highest BCUT2D eigenvalue weighted by molar-refractivity contribution is 9.10. The molecule has 0 radical (unpaired) electrons. The van der Waals surface area contributed by atoms with Gasteiger partial charge in [-0.1, -0.05) is 11.6 Å². The second-order valence-electron chi connectivity index (χ2n) is 4.16. The third-order valence-corrected chi connectivity index (χ3v) is 5.11. The number of alkyl halides is 3. The van der Waals surface area contributed by atoms with Crippen molar-refractivity contribution in [3.8, 4) is 0 Å². The average Bonchev–Trinajstić information content (AvgIpc) is 2.66. The molecule has 0 amide bonds. The molecule has 1 aromatic heterocycles. The Morgan fingerprint density at radius 1 is 1.30 bits per heavy atom. The van der Waals surface area contributed by atoms with Crippen LogP contribution in [0.4, 0.5) is 18.9 Å². The summed E-state index contributed by atoms with van der Waals surface area (Å²) in [5.74, 6) is 0. The zero-order chi connectivity index (χ0) is 14.9. The van der Waals surface area contributed by atoms with Gasteiger partial charge in [0.25, 0.3) is 0 Å². The Labute approximate surface area is 131 Å². The minimum absolute atomic E-state index is 0.294. The van der Waals surface area contributed by atoms with Gasteiger partial charge in [-0.05, 0) is 47.1 Å². The summed E-state index contributed by atoms with van der Waals surface area (Å²) >= 11 is 10.6. The number of hydrogen-bond acceptors (Lipinski definition) is 2. The van der Waals surface area contributed by atoms with Crippen LogP contribution in [-0.2, 0) is 12.7 Å². The summed E-state index contributed by atoms with van der Waals surface area (Å²) in [6.45, 7) is 2.44. The maximum Gasteiger partial charge on any atom is 0.417 e. The number of benzene rings is 1. The van der Waals surface area contributed by atoms with Gasteiger partial charge in [-0.15, -0.1) is 11.3 Å². The van der Waals surface area contributed by atoms with Gasteiger partial charge in [-0.3, -0.25) is 0 Å². The number of anilines is 1. The third-order valence-electron chi connectivity index (χ3n) is 2.65. The van der Waals surface area contributed by atoms with E-state index in [-0.39, 0.29) is 5.02 Å². The molecule has 1 heterocycles. The van der Waals surface area contributed by atoms with E-state index in [2.05, 4.69) is 21.2 Å². The quantitative estimate of drug-likeness (QED) is 0.674. The van der Waals surface area contributed by atoms with Crippen molar-refractivity contribution in [1.82, 2.24) is 0 Å². The lowest BCUT2D eigenvalue weighted by Gasteiger charge is -2.12. The summed E-state index contributed by atoms with van der Waals surface area (Å²) in [6, 6.07) is 5.76. The van der Waals surface area contributed by atoms with Crippen molar-refractivity contribution in [2.75, 3.05) is 5.32 Å². The Morgan fingerprint density at radius 2 is 2.00 bits per heavy atom. The van der Waals surface area contributed by atoms with E-state index >= 15 is 0 Å². The predicted octanol–water partition coefficient (Wildman–Crippen LogP) is 6.10. The molecule has 108 valence electrons. The molecule has 0 aliphatic carbocycles. The molecule has 0 aliphatic heterocycles. The van der Waals surface area contributed by atoms with Gasteiger partial charge in [-0.2, -0.15) is 13.2 Å². The topological polar surface area (TPSA) is 12.0 Å². The van der Waals surface area contributed by atoms with Crippen LogP contribution < -0.4 is 5.32 Å². The van der Waals surface area contributed by atoms with Gasteiger partial charge in [0.15, 0.2) is 0 Å². The summed E-state index contributed by atoms with van der Waals surface area (Å²) in [5, 5.41) is 2.68. The SMILES string of the molecule is Cc1sc(CNc2ccc(Cl)c(C(F)(F)F)c2)cc1Br. The van der Waals surface area contributed by atoms with E-state index in [4.69, 9.17) is 11.6 Å². The Balaban J connectivity index is 2.14. The van der Waals surface area contributed by atoms with Crippen LogP contribution in [-0.4, -0.2) is 0 Å². The highest BCUT2D eigenvalue weighted by Crippen LogP contribution is 2.36. The summed E-state index contributed by atoms with van der Waals surface area (Å²) < 4.78 is 39.2. The molecule has 0 atom stereocenters. The van der Waals surface area contributed by atoms with E-state index in [1.807, 2.05) is 13.0 Å². The van der Waals surface area contributed by atoms with Crippen LogP contribution in [0.5, 0.6) is 0 Å². The lowest BCUT2D eigenvalue weighted by atomic mass is 10.2. The van der Waals surface area contributed by atoms with Gasteiger partial charge in [0.1, 0.15) is 0 Å². The molecule has 1 N–H and O–H groups in total. The molecule has 0 bridgehead atoms. The minimum Gasteiger partial charge on any atom is -0.380 e. The fourth-order valence-electron chi connectivity index (χ4n) is 1.65. The first-order valence-electron chi connectivity index (χ1n) is 5.63. The molecule has 1 nitrogen and oxygen atoms in total. The van der Waals surface area contributed by atoms with Crippen LogP contribution in [0.15, 0.2) is 28.7 Å². The van der Waals surface area contributed by atoms with E-state index in [9.17, 15) is 13.2 Å². The monoisotopic (exact) mass is 383 g/mol. The van der Waals surface area contributed by atoms with Crippen molar-refractivity contribution in [2.24, 2.45) is 0 Å². The van der Waals surface area contributed by atoms with Crippen LogP contribution in [0.1, 0.15) is 15.3 Å². The van der Waals surface area contributed by atoms with E-state index < -0.39 is 11.7 Å². The second kappa shape index (κ2) is 5.95. The molecule has 0 saturated carbocycles. The highest BCUT2D eigenvalue weighted by atomic mass is 79.9. The molecule has 0 fully saturated rings. The number of thiophene rings is 1. The molecular formula is C13H10BrClF3NS. The summed E-state index contributed by atoms with van der Waals surface area (Å²) in [4.78, 5) is 2.17. The minimum atomic E-state index is -4.45. The van der Waals surface area contributed by atoms with Crippen molar-refractivity contribution in [1.29, 1.82) is 0 Å². The van der Waals surface area contributed by atoms with Gasteiger partial charge < -0.3 is 5.32 Å². The number of halogens is 5. The van der Waals surface area contributed by atoms with Crippen molar-refractivity contribution >= 4 is 44.6 Å². The fourth-order valence-corrected chi connectivity index (χ4v) is 3.41. The van der Waals surface area contributed by atoms with Crippen LogP contribution in [0.2, 0.25) is 5.02 Å². The van der Waals surface area contributed by atoms with Crippen LogP contribution in [0, 0.1) is 6.92 Å². The zero-order valence-electron chi connectivity index (χ0n) is 10.3. The maximum absolute atomic E-state index is 12.7. The predicted molar refractivity (Wildman–Crippen MR) is 80.5 cm³/mol. The maximum atomic E-state index is 12.7. The molecule has 7 heteroatoms. The summed E-state index contributed by atoms with van der Waals surface area (Å²) in [5.41, 5.74) is -0.434. The summed E-state index contributed by atoms with van der Waals surface area (Å²) in [6.07, 6.45) is -4.45. The lowest BCUT2D eigenvalue weighted by molar-refractivity contribution is -0.137. The van der Waals surface area contributed by atoms with Crippen molar-refractivity contribution in [3.63, 3.8) is 0 Å². The summed E-state index contributed by atoms with van der Waals surface area (Å²) in [7, 11) is 0. The number of nitrogens with one attached hydrogen (secondary N) is 1. The van der Waals surface area contributed by atoms with E-state index in [0.29, 0.717) is 12.2 Å². The molecule has 20 heavy (non-hydrogen) atoms. The number of hydrogen-bond donors (Lipinski definition) is 1. The molecule has 0 saturated heterocycles. The first-order chi connectivity index (χ1) is 9.27. The number of rotatable bonds is 3. The van der Waals surface area contributed by atoms with Gasteiger partial charge in [0.2, 0.25) is 0 Å². The van der Waals surface area contributed by atoms with Crippen LogP contribution in [0.3, 0.4) is 0 Å². The molecule has 1 aromatic carbocycles. The van der Waals surface area contributed by atoms with E-state index in [1.165, 1.54) is 12.1 Å². The molecule has 0 aliphatic rings. The highest BCUT2D eigenvalue weighted by Gasteiger charge is 2.33.